The van der Waals surface area contributed by atoms with E-state index in [9.17, 15) is 13.2 Å². The monoisotopic (exact) mass is 456 g/mol. The van der Waals surface area contributed by atoms with Gasteiger partial charge in [-0.05, 0) is 68.9 Å². The van der Waals surface area contributed by atoms with Gasteiger partial charge >= 0.3 is 0 Å². The van der Waals surface area contributed by atoms with Crippen molar-refractivity contribution in [3.63, 3.8) is 0 Å². The molecule has 8 heteroatoms. The lowest BCUT2D eigenvalue weighted by Gasteiger charge is -2.34. The number of hydrogen-bond acceptors (Lipinski definition) is 5. The van der Waals surface area contributed by atoms with E-state index in [1.165, 1.54) is 0 Å². The fourth-order valence-electron chi connectivity index (χ4n) is 5.24. The quantitative estimate of drug-likeness (QED) is 0.706. The Morgan fingerprint density at radius 2 is 1.53 bits per heavy atom. The Hall–Kier alpha value is -2.19. The van der Waals surface area contributed by atoms with Crippen molar-refractivity contribution in [1.82, 2.24) is 14.2 Å². The van der Waals surface area contributed by atoms with E-state index in [4.69, 9.17) is 4.98 Å². The molecule has 4 heterocycles. The van der Waals surface area contributed by atoms with E-state index in [1.54, 1.807) is 16.4 Å². The van der Waals surface area contributed by atoms with Crippen molar-refractivity contribution >= 4 is 32.7 Å². The number of anilines is 1. The number of pyridine rings is 1. The third-order valence-electron chi connectivity index (χ3n) is 7.18. The van der Waals surface area contributed by atoms with Crippen LogP contribution >= 0.6 is 0 Å². The van der Waals surface area contributed by atoms with Crippen molar-refractivity contribution in [3.8, 4) is 0 Å². The van der Waals surface area contributed by atoms with Crippen LogP contribution < -0.4 is 4.90 Å². The van der Waals surface area contributed by atoms with Crippen LogP contribution in [0.25, 0.3) is 10.9 Å². The number of aromatic nitrogens is 1. The minimum absolute atomic E-state index is 0.132. The van der Waals surface area contributed by atoms with Gasteiger partial charge in [0, 0.05) is 50.6 Å². The number of likely N-dealkylation sites (tertiary alicyclic amines) is 1. The molecular weight excluding hydrogens is 424 g/mol. The number of carbonyl (C=O) groups is 1. The average Bonchev–Trinajstić information content (AvgIpc) is 3.39. The van der Waals surface area contributed by atoms with Crippen molar-refractivity contribution in [2.45, 2.75) is 49.8 Å². The topological polar surface area (TPSA) is 73.8 Å². The van der Waals surface area contributed by atoms with Gasteiger partial charge in [-0.2, -0.15) is 4.31 Å². The second kappa shape index (κ2) is 8.98. The molecule has 7 nitrogen and oxygen atoms in total. The number of hydrogen-bond donors (Lipinski definition) is 0. The number of amides is 1. The summed E-state index contributed by atoms with van der Waals surface area (Å²) in [4.78, 5) is 22.1. The van der Waals surface area contributed by atoms with Crippen LogP contribution in [-0.2, 0) is 14.8 Å². The van der Waals surface area contributed by atoms with Gasteiger partial charge in [0.1, 0.15) is 5.82 Å². The summed E-state index contributed by atoms with van der Waals surface area (Å²) in [5.41, 5.74) is 0.801. The zero-order valence-electron chi connectivity index (χ0n) is 18.6. The zero-order chi connectivity index (χ0) is 22.1. The van der Waals surface area contributed by atoms with Crippen LogP contribution in [0.5, 0.6) is 0 Å². The van der Waals surface area contributed by atoms with E-state index in [2.05, 4.69) is 4.90 Å². The van der Waals surface area contributed by atoms with Crippen LogP contribution in [0.2, 0.25) is 0 Å². The minimum Gasteiger partial charge on any atom is -0.357 e. The molecule has 0 bridgehead atoms. The predicted molar refractivity (Wildman–Crippen MR) is 125 cm³/mol. The van der Waals surface area contributed by atoms with E-state index in [0.29, 0.717) is 23.9 Å². The summed E-state index contributed by atoms with van der Waals surface area (Å²) >= 11 is 0. The SMILES string of the molecule is O=C(C1CCN(c2ccc3cc(S(=O)(=O)N4CCCCC4)ccc3n2)CC1)N1CCCC1. The van der Waals surface area contributed by atoms with Crippen LogP contribution in [0.4, 0.5) is 5.82 Å². The molecule has 5 rings (SSSR count). The second-order valence-electron chi connectivity index (χ2n) is 9.28. The third-order valence-corrected chi connectivity index (χ3v) is 9.08. The number of nitrogens with zero attached hydrogens (tertiary/aromatic N) is 4. The third kappa shape index (κ3) is 4.22. The van der Waals surface area contributed by atoms with E-state index in [-0.39, 0.29) is 5.92 Å². The Morgan fingerprint density at radius 1 is 0.844 bits per heavy atom. The summed E-state index contributed by atoms with van der Waals surface area (Å²) in [6.45, 7) is 4.69. The highest BCUT2D eigenvalue weighted by atomic mass is 32.2. The molecule has 2 aromatic rings. The van der Waals surface area contributed by atoms with Crippen LogP contribution in [0.1, 0.15) is 44.9 Å². The van der Waals surface area contributed by atoms with Crippen LogP contribution in [0.3, 0.4) is 0 Å². The van der Waals surface area contributed by atoms with Gasteiger partial charge in [0.05, 0.1) is 10.4 Å². The van der Waals surface area contributed by atoms with Gasteiger partial charge in [-0.25, -0.2) is 13.4 Å². The molecular formula is C24H32N4O3S. The first-order chi connectivity index (χ1) is 15.5. The molecule has 1 aromatic carbocycles. The molecule has 0 saturated carbocycles. The number of carbonyl (C=O) groups excluding carboxylic acids is 1. The average molecular weight is 457 g/mol. The lowest BCUT2D eigenvalue weighted by molar-refractivity contribution is -0.135. The Kier molecular flexibility index (Phi) is 6.07. The summed E-state index contributed by atoms with van der Waals surface area (Å²) in [6, 6.07) is 9.19. The molecule has 3 saturated heterocycles. The molecule has 3 aliphatic rings. The molecule has 0 atom stereocenters. The fraction of sp³-hybridized carbons (Fsp3) is 0.583. The Balaban J connectivity index is 1.28. The molecule has 3 fully saturated rings. The maximum Gasteiger partial charge on any atom is 0.243 e. The Bertz CT molecular complexity index is 1080. The van der Waals surface area contributed by atoms with Crippen molar-refractivity contribution in [1.29, 1.82) is 0 Å². The molecule has 1 amide bonds. The number of rotatable bonds is 4. The highest BCUT2D eigenvalue weighted by molar-refractivity contribution is 7.89. The molecule has 0 unspecified atom stereocenters. The first kappa shape index (κ1) is 21.6. The fourth-order valence-corrected chi connectivity index (χ4v) is 6.79. The molecule has 3 aliphatic heterocycles. The minimum atomic E-state index is -3.45. The zero-order valence-corrected chi connectivity index (χ0v) is 19.4. The van der Waals surface area contributed by atoms with Gasteiger partial charge in [0.25, 0.3) is 0 Å². The Morgan fingerprint density at radius 3 is 2.25 bits per heavy atom. The van der Waals surface area contributed by atoms with Crippen LogP contribution in [0, 0.1) is 5.92 Å². The smallest absolute Gasteiger partial charge is 0.243 e. The maximum absolute atomic E-state index is 13.0. The summed E-state index contributed by atoms with van der Waals surface area (Å²) in [6.07, 6.45) is 6.94. The molecule has 32 heavy (non-hydrogen) atoms. The summed E-state index contributed by atoms with van der Waals surface area (Å²) in [5.74, 6) is 1.36. The highest BCUT2D eigenvalue weighted by Crippen LogP contribution is 2.28. The summed E-state index contributed by atoms with van der Waals surface area (Å²) in [7, 11) is -3.45. The van der Waals surface area contributed by atoms with Gasteiger partial charge < -0.3 is 9.80 Å². The van der Waals surface area contributed by atoms with Crippen molar-refractivity contribution < 1.29 is 13.2 Å². The van der Waals surface area contributed by atoms with Gasteiger partial charge in [-0.15, -0.1) is 0 Å². The van der Waals surface area contributed by atoms with Gasteiger partial charge in [-0.3, -0.25) is 4.79 Å². The molecule has 0 radical (unpaired) electrons. The first-order valence-corrected chi connectivity index (χ1v) is 13.4. The van der Waals surface area contributed by atoms with Crippen molar-refractivity contribution in [3.05, 3.63) is 30.3 Å². The molecule has 0 spiro atoms. The molecule has 1 aromatic heterocycles. The number of benzene rings is 1. The summed E-state index contributed by atoms with van der Waals surface area (Å²) < 4.78 is 27.6. The standard InChI is InChI=1S/C24H32N4O3S/c29-24(27-12-4-5-13-27)19-10-16-26(17-11-19)23-9-6-20-18-21(7-8-22(20)25-23)32(30,31)28-14-2-1-3-15-28/h6-9,18-19H,1-5,10-17H2. The van der Waals surface area contributed by atoms with Gasteiger partial charge in [0.15, 0.2) is 0 Å². The predicted octanol–water partition coefficient (Wildman–Crippen LogP) is 3.25. The second-order valence-corrected chi connectivity index (χ2v) is 11.2. The number of piperidine rings is 2. The lowest BCUT2D eigenvalue weighted by atomic mass is 9.95. The number of fused-ring (bicyclic) bond motifs is 1. The normalized spacial score (nSPS) is 21.4. The van der Waals surface area contributed by atoms with Crippen molar-refractivity contribution in [2.24, 2.45) is 5.92 Å². The van der Waals surface area contributed by atoms with Crippen LogP contribution in [0.15, 0.2) is 35.2 Å². The Labute approximate surface area is 190 Å². The van der Waals surface area contributed by atoms with Crippen LogP contribution in [-0.4, -0.2) is 67.8 Å². The largest absolute Gasteiger partial charge is 0.357 e. The van der Waals surface area contributed by atoms with Gasteiger partial charge in [0.2, 0.25) is 15.9 Å². The van der Waals surface area contributed by atoms with E-state index in [1.807, 2.05) is 23.1 Å². The maximum atomic E-state index is 13.0. The molecule has 0 N–H and O–H groups in total. The lowest BCUT2D eigenvalue weighted by Crippen LogP contribution is -2.41. The van der Waals surface area contributed by atoms with E-state index < -0.39 is 10.0 Å². The number of sulfonamides is 1. The molecule has 0 aliphatic carbocycles. The first-order valence-electron chi connectivity index (χ1n) is 12.0. The molecule has 172 valence electrons. The van der Waals surface area contributed by atoms with Crippen molar-refractivity contribution in [2.75, 3.05) is 44.2 Å². The highest BCUT2D eigenvalue weighted by Gasteiger charge is 2.30. The summed E-state index contributed by atoms with van der Waals surface area (Å²) in [5, 5.41) is 0.839. The van der Waals surface area contributed by atoms with E-state index in [0.717, 1.165) is 87.8 Å². The van der Waals surface area contributed by atoms with E-state index >= 15 is 0 Å². The van der Waals surface area contributed by atoms with Gasteiger partial charge in [-0.1, -0.05) is 6.42 Å².